The van der Waals surface area contributed by atoms with Crippen molar-refractivity contribution < 1.29 is 37.5 Å². The molecule has 0 aliphatic heterocycles. The van der Waals surface area contributed by atoms with Gasteiger partial charge in [0.1, 0.15) is 12.6 Å². The monoisotopic (exact) mass is 416 g/mol. The second kappa shape index (κ2) is 9.99. The van der Waals surface area contributed by atoms with Crippen LogP contribution in [0.2, 0.25) is 0 Å². The Labute approximate surface area is 165 Å². The van der Waals surface area contributed by atoms with Crippen LogP contribution in [-0.2, 0) is 20.9 Å². The fourth-order valence-corrected chi connectivity index (χ4v) is 3.34. The number of methoxy groups -OCH3 is 1. The number of amides is 1. The maximum atomic E-state index is 12.5. The van der Waals surface area contributed by atoms with Gasteiger partial charge in [0, 0.05) is 6.92 Å². The van der Waals surface area contributed by atoms with E-state index in [4.69, 9.17) is 9.47 Å². The minimum absolute atomic E-state index is 0.0604. The molecule has 0 radical (unpaired) electrons. The number of esters is 1. The molecule has 1 atom stereocenters. The van der Waals surface area contributed by atoms with Crippen molar-refractivity contribution in [1.82, 2.24) is 5.32 Å². The second-order valence-corrected chi connectivity index (χ2v) is 6.60. The van der Waals surface area contributed by atoms with Gasteiger partial charge in [-0.1, -0.05) is 12.8 Å². The molecule has 1 fully saturated rings. The van der Waals surface area contributed by atoms with Crippen LogP contribution in [0.15, 0.2) is 12.1 Å². The average Bonchev–Trinajstić information content (AvgIpc) is 3.18. The fraction of sp³-hybridized carbons (Fsp3) is 0.556. The van der Waals surface area contributed by atoms with E-state index in [0.29, 0.717) is 0 Å². The topological polar surface area (TPSA) is 117 Å². The Morgan fingerprint density at radius 3 is 2.45 bits per heavy atom. The van der Waals surface area contributed by atoms with E-state index in [9.17, 15) is 28.5 Å². The number of hydrogen-bond acceptors (Lipinski definition) is 7. The molecule has 0 saturated heterocycles. The van der Waals surface area contributed by atoms with Gasteiger partial charge in [-0.3, -0.25) is 14.9 Å². The van der Waals surface area contributed by atoms with Gasteiger partial charge in [0.15, 0.2) is 11.5 Å². The highest BCUT2D eigenvalue weighted by molar-refractivity contribution is 5.83. The standard InChI is InChI=1S/C18H22F2N2O7/c1-10(23)21-16(11-5-3-4-6-11)17(24)28-9-12-7-14(27-2)15(29-18(19)20)8-13(12)22(25)26/h7-8,11,16,18H,3-6,9H2,1-2H3,(H,21,23). The third kappa shape index (κ3) is 6.00. The lowest BCUT2D eigenvalue weighted by molar-refractivity contribution is -0.386. The normalized spacial score (nSPS) is 15.1. The molecule has 0 heterocycles. The Balaban J connectivity index is 2.21. The molecule has 9 nitrogen and oxygen atoms in total. The number of nitrogens with one attached hydrogen (secondary N) is 1. The molecule has 0 bridgehead atoms. The van der Waals surface area contributed by atoms with E-state index >= 15 is 0 Å². The molecule has 1 amide bonds. The first-order valence-electron chi connectivity index (χ1n) is 8.96. The summed E-state index contributed by atoms with van der Waals surface area (Å²) in [4.78, 5) is 34.5. The van der Waals surface area contributed by atoms with E-state index in [1.54, 1.807) is 0 Å². The minimum Gasteiger partial charge on any atom is -0.493 e. The number of rotatable bonds is 9. The Hall–Kier alpha value is -2.98. The van der Waals surface area contributed by atoms with Gasteiger partial charge in [-0.25, -0.2) is 4.79 Å². The van der Waals surface area contributed by atoms with Crippen LogP contribution in [0.4, 0.5) is 14.5 Å². The van der Waals surface area contributed by atoms with Crippen molar-refractivity contribution in [3.05, 3.63) is 27.8 Å². The Morgan fingerprint density at radius 1 is 1.28 bits per heavy atom. The zero-order valence-electron chi connectivity index (χ0n) is 16.0. The summed E-state index contributed by atoms with van der Waals surface area (Å²) in [5, 5.41) is 13.9. The van der Waals surface area contributed by atoms with Crippen LogP contribution in [0.5, 0.6) is 11.5 Å². The molecule has 1 N–H and O–H groups in total. The van der Waals surface area contributed by atoms with Gasteiger partial charge in [-0.15, -0.1) is 0 Å². The molecule has 29 heavy (non-hydrogen) atoms. The summed E-state index contributed by atoms with van der Waals surface area (Å²) in [6.45, 7) is -2.41. The highest BCUT2D eigenvalue weighted by Gasteiger charge is 2.33. The second-order valence-electron chi connectivity index (χ2n) is 6.60. The Kier molecular flexibility index (Phi) is 7.68. The number of nitrogens with zero attached hydrogens (tertiary/aromatic N) is 1. The van der Waals surface area contributed by atoms with Crippen LogP contribution in [0.1, 0.15) is 38.2 Å². The SMILES string of the molecule is COc1cc(COC(=O)C(NC(C)=O)C2CCCC2)c([N+](=O)[O-])cc1OC(F)F. The predicted molar refractivity (Wildman–Crippen MR) is 95.6 cm³/mol. The average molecular weight is 416 g/mol. The molecule has 1 aromatic rings. The lowest BCUT2D eigenvalue weighted by Crippen LogP contribution is -2.45. The Bertz CT molecular complexity index is 767. The fourth-order valence-electron chi connectivity index (χ4n) is 3.34. The van der Waals surface area contributed by atoms with Crippen LogP contribution in [-0.4, -0.2) is 36.6 Å². The third-order valence-electron chi connectivity index (χ3n) is 4.63. The summed E-state index contributed by atoms with van der Waals surface area (Å²) < 4.78 is 39.4. The summed E-state index contributed by atoms with van der Waals surface area (Å²) >= 11 is 0. The van der Waals surface area contributed by atoms with Gasteiger partial charge >= 0.3 is 12.6 Å². The summed E-state index contributed by atoms with van der Waals surface area (Å²) in [6, 6.07) is 1.04. The first-order chi connectivity index (χ1) is 13.7. The molecule has 11 heteroatoms. The maximum Gasteiger partial charge on any atom is 0.387 e. The smallest absolute Gasteiger partial charge is 0.387 e. The number of benzene rings is 1. The molecule has 1 aliphatic rings. The van der Waals surface area contributed by atoms with Gasteiger partial charge in [0.25, 0.3) is 5.69 Å². The van der Waals surface area contributed by atoms with Crippen LogP contribution in [0.3, 0.4) is 0 Å². The summed E-state index contributed by atoms with van der Waals surface area (Å²) in [5.74, 6) is -1.85. The number of carbonyl (C=O) groups excluding carboxylic acids is 2. The third-order valence-corrected chi connectivity index (χ3v) is 4.63. The lowest BCUT2D eigenvalue weighted by atomic mass is 9.98. The van der Waals surface area contributed by atoms with Crippen molar-refractivity contribution in [2.75, 3.05) is 7.11 Å². The molecule has 1 unspecified atom stereocenters. The summed E-state index contributed by atoms with van der Waals surface area (Å²) in [6.07, 6.45) is 3.38. The van der Waals surface area contributed by atoms with Gasteiger partial charge in [-0.05, 0) is 24.8 Å². The number of alkyl halides is 2. The van der Waals surface area contributed by atoms with E-state index in [2.05, 4.69) is 10.1 Å². The molecular weight excluding hydrogens is 394 g/mol. The minimum atomic E-state index is -3.20. The van der Waals surface area contributed by atoms with E-state index in [0.717, 1.165) is 37.8 Å². The summed E-state index contributed by atoms with van der Waals surface area (Å²) in [5.41, 5.74) is -0.624. The quantitative estimate of drug-likeness (QED) is 0.374. The number of hydrogen-bond donors (Lipinski definition) is 1. The largest absolute Gasteiger partial charge is 0.493 e. The molecule has 2 rings (SSSR count). The van der Waals surface area contributed by atoms with Crippen LogP contribution in [0, 0.1) is 16.0 Å². The van der Waals surface area contributed by atoms with Crippen LogP contribution in [0.25, 0.3) is 0 Å². The maximum absolute atomic E-state index is 12.5. The number of ether oxygens (including phenoxy) is 3. The predicted octanol–water partition coefficient (Wildman–Crippen LogP) is 2.94. The van der Waals surface area contributed by atoms with Gasteiger partial charge in [0.05, 0.1) is 23.7 Å². The van der Waals surface area contributed by atoms with E-state index in [1.807, 2.05) is 0 Å². The summed E-state index contributed by atoms with van der Waals surface area (Å²) in [7, 11) is 1.18. The molecule has 160 valence electrons. The van der Waals surface area contributed by atoms with E-state index in [1.165, 1.54) is 14.0 Å². The first kappa shape index (κ1) is 22.3. The van der Waals surface area contributed by atoms with Crippen molar-refractivity contribution in [2.24, 2.45) is 5.92 Å². The zero-order valence-corrected chi connectivity index (χ0v) is 16.0. The number of nitro benzene ring substituents is 1. The van der Waals surface area contributed by atoms with Crippen molar-refractivity contribution in [3.8, 4) is 11.5 Å². The Morgan fingerprint density at radius 2 is 1.93 bits per heavy atom. The molecule has 1 saturated carbocycles. The molecular formula is C18H22F2N2O7. The lowest BCUT2D eigenvalue weighted by Gasteiger charge is -2.22. The van der Waals surface area contributed by atoms with E-state index < -0.39 is 41.6 Å². The molecule has 0 spiro atoms. The highest BCUT2D eigenvalue weighted by atomic mass is 19.3. The molecule has 0 aromatic heterocycles. The number of carbonyl (C=O) groups is 2. The zero-order chi connectivity index (χ0) is 21.6. The molecule has 1 aromatic carbocycles. The van der Waals surface area contributed by atoms with Crippen molar-refractivity contribution in [1.29, 1.82) is 0 Å². The van der Waals surface area contributed by atoms with Crippen LogP contribution >= 0.6 is 0 Å². The van der Waals surface area contributed by atoms with Gasteiger partial charge < -0.3 is 19.5 Å². The number of halogens is 2. The van der Waals surface area contributed by atoms with Gasteiger partial charge in [-0.2, -0.15) is 8.78 Å². The molecule has 1 aliphatic carbocycles. The van der Waals surface area contributed by atoms with Crippen molar-refractivity contribution in [2.45, 2.75) is 51.9 Å². The van der Waals surface area contributed by atoms with Gasteiger partial charge in [0.2, 0.25) is 5.91 Å². The highest BCUT2D eigenvalue weighted by Crippen LogP contribution is 2.36. The van der Waals surface area contributed by atoms with Crippen molar-refractivity contribution in [3.63, 3.8) is 0 Å². The number of nitro groups is 1. The van der Waals surface area contributed by atoms with Crippen LogP contribution < -0.4 is 14.8 Å². The van der Waals surface area contributed by atoms with Crippen molar-refractivity contribution >= 4 is 17.6 Å². The van der Waals surface area contributed by atoms with E-state index in [-0.39, 0.29) is 23.1 Å². The first-order valence-corrected chi connectivity index (χ1v) is 8.96.